The smallest absolute Gasteiger partial charge is 0.125 e. The third-order valence-electron chi connectivity index (χ3n) is 4.07. The SMILES string of the molecule is CNc1cc([C@H]2CCCN2Cc2cncn2C)ccn1. The Morgan fingerprint density at radius 1 is 1.45 bits per heavy atom. The van der Waals surface area contributed by atoms with E-state index in [1.165, 1.54) is 24.1 Å². The summed E-state index contributed by atoms with van der Waals surface area (Å²) in [5.41, 5.74) is 2.61. The fourth-order valence-corrected chi connectivity index (χ4v) is 2.93. The summed E-state index contributed by atoms with van der Waals surface area (Å²) in [7, 11) is 3.97. The van der Waals surface area contributed by atoms with Crippen LogP contribution in [0.1, 0.15) is 30.1 Å². The van der Waals surface area contributed by atoms with Gasteiger partial charge in [-0.1, -0.05) is 0 Å². The van der Waals surface area contributed by atoms with Crippen molar-refractivity contribution in [2.24, 2.45) is 7.05 Å². The maximum absolute atomic E-state index is 4.30. The molecule has 5 nitrogen and oxygen atoms in total. The molecule has 0 spiro atoms. The molecule has 3 heterocycles. The van der Waals surface area contributed by atoms with E-state index in [1.807, 2.05) is 25.8 Å². The quantitative estimate of drug-likeness (QED) is 0.926. The number of nitrogens with one attached hydrogen (secondary N) is 1. The van der Waals surface area contributed by atoms with Crippen molar-refractivity contribution < 1.29 is 0 Å². The van der Waals surface area contributed by atoms with Crippen LogP contribution in [0.2, 0.25) is 0 Å². The van der Waals surface area contributed by atoms with Crippen LogP contribution in [0.25, 0.3) is 0 Å². The van der Waals surface area contributed by atoms with Crippen molar-refractivity contribution in [3.05, 3.63) is 42.1 Å². The molecule has 0 aliphatic carbocycles. The number of likely N-dealkylation sites (tertiary alicyclic amines) is 1. The number of hydrogen-bond acceptors (Lipinski definition) is 4. The van der Waals surface area contributed by atoms with Gasteiger partial charge in [0, 0.05) is 39.1 Å². The third-order valence-corrected chi connectivity index (χ3v) is 4.07. The van der Waals surface area contributed by atoms with Crippen LogP contribution < -0.4 is 5.32 Å². The highest BCUT2D eigenvalue weighted by atomic mass is 15.2. The predicted molar refractivity (Wildman–Crippen MR) is 79.4 cm³/mol. The van der Waals surface area contributed by atoms with E-state index in [2.05, 4.69) is 43.9 Å². The summed E-state index contributed by atoms with van der Waals surface area (Å²) in [6, 6.07) is 4.78. The number of pyridine rings is 1. The number of nitrogens with zero attached hydrogens (tertiary/aromatic N) is 4. The van der Waals surface area contributed by atoms with E-state index >= 15 is 0 Å². The van der Waals surface area contributed by atoms with Crippen molar-refractivity contribution in [2.45, 2.75) is 25.4 Å². The molecule has 0 unspecified atom stereocenters. The molecule has 1 N–H and O–H groups in total. The third kappa shape index (κ3) is 2.54. The van der Waals surface area contributed by atoms with Gasteiger partial charge < -0.3 is 9.88 Å². The average Bonchev–Trinajstić information content (AvgIpc) is 3.09. The summed E-state index contributed by atoms with van der Waals surface area (Å²) in [4.78, 5) is 11.0. The number of imidazole rings is 1. The molecule has 1 atom stereocenters. The molecule has 0 radical (unpaired) electrons. The van der Waals surface area contributed by atoms with Crippen molar-refractivity contribution in [1.29, 1.82) is 0 Å². The van der Waals surface area contributed by atoms with Crippen LogP contribution in [0.5, 0.6) is 0 Å². The largest absolute Gasteiger partial charge is 0.373 e. The molecular formula is C15H21N5. The molecule has 3 rings (SSSR count). The molecular weight excluding hydrogens is 250 g/mol. The van der Waals surface area contributed by atoms with Crippen LogP contribution in [0.15, 0.2) is 30.9 Å². The van der Waals surface area contributed by atoms with Gasteiger partial charge in [-0.2, -0.15) is 0 Å². The Balaban J connectivity index is 1.79. The van der Waals surface area contributed by atoms with Crippen LogP contribution in [-0.2, 0) is 13.6 Å². The zero-order valence-electron chi connectivity index (χ0n) is 12.1. The molecule has 0 saturated carbocycles. The second-order valence-corrected chi connectivity index (χ2v) is 5.35. The molecule has 0 bridgehead atoms. The Morgan fingerprint density at radius 3 is 3.10 bits per heavy atom. The predicted octanol–water partition coefficient (Wildman–Crippen LogP) is 2.19. The highest BCUT2D eigenvalue weighted by Crippen LogP contribution is 2.33. The lowest BCUT2D eigenvalue weighted by atomic mass is 10.1. The molecule has 20 heavy (non-hydrogen) atoms. The Morgan fingerprint density at radius 2 is 2.35 bits per heavy atom. The van der Waals surface area contributed by atoms with E-state index < -0.39 is 0 Å². The molecule has 0 aromatic carbocycles. The summed E-state index contributed by atoms with van der Waals surface area (Å²) in [5, 5.41) is 3.12. The maximum Gasteiger partial charge on any atom is 0.125 e. The fraction of sp³-hybridized carbons (Fsp3) is 0.467. The number of aryl methyl sites for hydroxylation is 1. The van der Waals surface area contributed by atoms with E-state index in [-0.39, 0.29) is 0 Å². The average molecular weight is 271 g/mol. The van der Waals surface area contributed by atoms with Gasteiger partial charge in [0.1, 0.15) is 5.82 Å². The molecule has 2 aromatic heterocycles. The van der Waals surface area contributed by atoms with Crippen LogP contribution in [0.4, 0.5) is 5.82 Å². The van der Waals surface area contributed by atoms with Gasteiger partial charge >= 0.3 is 0 Å². The first-order chi connectivity index (χ1) is 9.78. The van der Waals surface area contributed by atoms with Crippen molar-refractivity contribution in [1.82, 2.24) is 19.4 Å². The van der Waals surface area contributed by atoms with Gasteiger partial charge in [-0.15, -0.1) is 0 Å². The number of hydrogen-bond donors (Lipinski definition) is 1. The van der Waals surface area contributed by atoms with E-state index in [0.29, 0.717) is 6.04 Å². The summed E-state index contributed by atoms with van der Waals surface area (Å²) < 4.78 is 2.10. The highest BCUT2D eigenvalue weighted by Gasteiger charge is 2.26. The zero-order chi connectivity index (χ0) is 13.9. The molecule has 1 saturated heterocycles. The first-order valence-electron chi connectivity index (χ1n) is 7.11. The molecule has 1 fully saturated rings. The highest BCUT2D eigenvalue weighted by molar-refractivity contribution is 5.38. The van der Waals surface area contributed by atoms with E-state index in [9.17, 15) is 0 Å². The Kier molecular flexibility index (Phi) is 3.69. The van der Waals surface area contributed by atoms with Gasteiger partial charge in [0.2, 0.25) is 0 Å². The molecule has 1 aliphatic rings. The van der Waals surface area contributed by atoms with E-state index in [4.69, 9.17) is 0 Å². The minimum atomic E-state index is 0.486. The van der Waals surface area contributed by atoms with Gasteiger partial charge in [0.05, 0.1) is 12.0 Å². The van der Waals surface area contributed by atoms with Crippen molar-refractivity contribution >= 4 is 5.82 Å². The number of anilines is 1. The maximum atomic E-state index is 4.30. The first-order valence-corrected chi connectivity index (χ1v) is 7.11. The fourth-order valence-electron chi connectivity index (χ4n) is 2.93. The lowest BCUT2D eigenvalue weighted by Crippen LogP contribution is -2.24. The molecule has 5 heteroatoms. The number of aromatic nitrogens is 3. The Hall–Kier alpha value is -1.88. The topological polar surface area (TPSA) is 46.0 Å². The number of rotatable bonds is 4. The van der Waals surface area contributed by atoms with Crippen LogP contribution in [-0.4, -0.2) is 33.0 Å². The van der Waals surface area contributed by atoms with E-state index in [1.54, 1.807) is 0 Å². The van der Waals surface area contributed by atoms with Crippen LogP contribution >= 0.6 is 0 Å². The molecule has 0 amide bonds. The van der Waals surface area contributed by atoms with Gasteiger partial charge in [0.25, 0.3) is 0 Å². The molecule has 106 valence electrons. The minimum absolute atomic E-state index is 0.486. The summed E-state index contributed by atoms with van der Waals surface area (Å²) in [6.07, 6.45) is 8.18. The Labute approximate surface area is 119 Å². The molecule has 1 aliphatic heterocycles. The van der Waals surface area contributed by atoms with Gasteiger partial charge in [-0.25, -0.2) is 9.97 Å². The standard InChI is InChI=1S/C15H21N5/c1-16-15-8-12(5-6-18-15)14-4-3-7-20(14)10-13-9-17-11-19(13)2/h5-6,8-9,11,14H,3-4,7,10H2,1-2H3,(H,16,18)/t14-/m1/s1. The van der Waals surface area contributed by atoms with Crippen molar-refractivity contribution in [2.75, 3.05) is 18.9 Å². The van der Waals surface area contributed by atoms with Gasteiger partial charge in [-0.3, -0.25) is 4.90 Å². The minimum Gasteiger partial charge on any atom is -0.373 e. The summed E-state index contributed by atoms with van der Waals surface area (Å²) in [5.74, 6) is 0.940. The van der Waals surface area contributed by atoms with Crippen LogP contribution in [0, 0.1) is 0 Å². The van der Waals surface area contributed by atoms with Gasteiger partial charge in [-0.05, 0) is 37.1 Å². The Bertz CT molecular complexity index is 577. The lowest BCUT2D eigenvalue weighted by molar-refractivity contribution is 0.243. The van der Waals surface area contributed by atoms with Crippen molar-refractivity contribution in [3.8, 4) is 0 Å². The first kappa shape index (κ1) is 13.1. The lowest BCUT2D eigenvalue weighted by Gasteiger charge is -2.25. The van der Waals surface area contributed by atoms with Crippen molar-refractivity contribution in [3.63, 3.8) is 0 Å². The molecule has 2 aromatic rings. The van der Waals surface area contributed by atoms with Crippen LogP contribution in [0.3, 0.4) is 0 Å². The second kappa shape index (κ2) is 5.63. The van der Waals surface area contributed by atoms with Gasteiger partial charge in [0.15, 0.2) is 0 Å². The zero-order valence-corrected chi connectivity index (χ0v) is 12.1. The second-order valence-electron chi connectivity index (χ2n) is 5.35. The normalized spacial score (nSPS) is 19.4. The summed E-state index contributed by atoms with van der Waals surface area (Å²) >= 11 is 0. The van der Waals surface area contributed by atoms with E-state index in [0.717, 1.165) is 18.9 Å². The summed E-state index contributed by atoms with van der Waals surface area (Å²) in [6.45, 7) is 2.10. The monoisotopic (exact) mass is 271 g/mol.